The number of ether oxygens (including phenoxy) is 2. The van der Waals surface area contributed by atoms with E-state index < -0.39 is 0 Å². The third-order valence-corrected chi connectivity index (χ3v) is 3.53. The van der Waals surface area contributed by atoms with E-state index in [0.717, 1.165) is 24.5 Å². The van der Waals surface area contributed by atoms with Gasteiger partial charge in [0, 0.05) is 19.3 Å². The van der Waals surface area contributed by atoms with Crippen molar-refractivity contribution in [2.45, 2.75) is 19.4 Å². The molecule has 5 heteroatoms. The minimum absolute atomic E-state index is 0.251. The molecule has 2 aromatic rings. The highest BCUT2D eigenvalue weighted by Crippen LogP contribution is 2.29. The molecule has 0 saturated heterocycles. The van der Waals surface area contributed by atoms with Crippen LogP contribution in [0.25, 0.3) is 0 Å². The Morgan fingerprint density at radius 2 is 2.00 bits per heavy atom. The molecule has 1 unspecified atom stereocenters. The Labute approximate surface area is 125 Å². The highest BCUT2D eigenvalue weighted by atomic mass is 16.5. The molecule has 0 amide bonds. The predicted molar refractivity (Wildman–Crippen MR) is 82.9 cm³/mol. The number of benzene rings is 1. The molecule has 2 rings (SSSR count). The maximum atomic E-state index is 5.34. The first-order valence-electron chi connectivity index (χ1n) is 7.07. The van der Waals surface area contributed by atoms with Gasteiger partial charge in [0.15, 0.2) is 11.5 Å². The molecule has 0 bridgehead atoms. The van der Waals surface area contributed by atoms with Crippen molar-refractivity contribution in [1.82, 2.24) is 15.1 Å². The lowest BCUT2D eigenvalue weighted by Gasteiger charge is -2.16. The molecule has 0 spiro atoms. The standard InChI is InChI=1S/C16H23N3O2/c1-12(17-8-7-13-10-18-19(2)11-13)14-5-6-15(20-3)16(9-14)21-4/h5-6,9-12,17H,7-8H2,1-4H3. The number of aryl methyl sites for hydroxylation is 1. The first-order chi connectivity index (χ1) is 10.1. The summed E-state index contributed by atoms with van der Waals surface area (Å²) in [7, 11) is 5.23. The molecular formula is C16H23N3O2. The lowest BCUT2D eigenvalue weighted by atomic mass is 10.1. The third kappa shape index (κ3) is 3.98. The summed E-state index contributed by atoms with van der Waals surface area (Å²) < 4.78 is 12.4. The largest absolute Gasteiger partial charge is 0.493 e. The van der Waals surface area contributed by atoms with Crippen LogP contribution in [0.3, 0.4) is 0 Å². The van der Waals surface area contributed by atoms with E-state index in [9.17, 15) is 0 Å². The second kappa shape index (κ2) is 7.13. The minimum atomic E-state index is 0.251. The van der Waals surface area contributed by atoms with Gasteiger partial charge in [-0.3, -0.25) is 4.68 Å². The average Bonchev–Trinajstić information content (AvgIpc) is 2.91. The smallest absolute Gasteiger partial charge is 0.161 e. The van der Waals surface area contributed by atoms with Crippen molar-refractivity contribution >= 4 is 0 Å². The van der Waals surface area contributed by atoms with Gasteiger partial charge in [0.1, 0.15) is 0 Å². The maximum Gasteiger partial charge on any atom is 0.161 e. The van der Waals surface area contributed by atoms with E-state index in [1.54, 1.807) is 14.2 Å². The molecule has 5 nitrogen and oxygen atoms in total. The Balaban J connectivity index is 1.92. The van der Waals surface area contributed by atoms with Crippen molar-refractivity contribution in [2.24, 2.45) is 7.05 Å². The van der Waals surface area contributed by atoms with Crippen LogP contribution in [0.4, 0.5) is 0 Å². The lowest BCUT2D eigenvalue weighted by molar-refractivity contribution is 0.354. The first-order valence-corrected chi connectivity index (χ1v) is 7.07. The van der Waals surface area contributed by atoms with Crippen molar-refractivity contribution < 1.29 is 9.47 Å². The van der Waals surface area contributed by atoms with Crippen LogP contribution in [-0.4, -0.2) is 30.5 Å². The fraction of sp³-hybridized carbons (Fsp3) is 0.438. The molecular weight excluding hydrogens is 266 g/mol. The van der Waals surface area contributed by atoms with Gasteiger partial charge in [-0.05, 0) is 43.1 Å². The van der Waals surface area contributed by atoms with Gasteiger partial charge < -0.3 is 14.8 Å². The molecule has 0 aliphatic heterocycles. The van der Waals surface area contributed by atoms with Gasteiger partial charge in [0.2, 0.25) is 0 Å². The van der Waals surface area contributed by atoms with E-state index in [1.807, 2.05) is 36.3 Å². The Morgan fingerprint density at radius 1 is 1.24 bits per heavy atom. The SMILES string of the molecule is COc1ccc(C(C)NCCc2cnn(C)c2)cc1OC. The highest BCUT2D eigenvalue weighted by molar-refractivity contribution is 5.43. The second-order valence-electron chi connectivity index (χ2n) is 5.06. The predicted octanol–water partition coefficient (Wildman–Crippen LogP) is 2.33. The molecule has 0 fully saturated rings. The number of methoxy groups -OCH3 is 2. The Bertz CT molecular complexity index is 581. The molecule has 1 heterocycles. The van der Waals surface area contributed by atoms with E-state index in [0.29, 0.717) is 0 Å². The highest BCUT2D eigenvalue weighted by Gasteiger charge is 2.09. The molecule has 0 aliphatic rings. The van der Waals surface area contributed by atoms with Crippen molar-refractivity contribution in [3.63, 3.8) is 0 Å². The molecule has 1 atom stereocenters. The van der Waals surface area contributed by atoms with Crippen LogP contribution >= 0.6 is 0 Å². The zero-order valence-corrected chi connectivity index (χ0v) is 13.1. The molecule has 1 N–H and O–H groups in total. The van der Waals surface area contributed by atoms with Crippen molar-refractivity contribution in [2.75, 3.05) is 20.8 Å². The second-order valence-corrected chi connectivity index (χ2v) is 5.06. The van der Waals surface area contributed by atoms with Crippen molar-refractivity contribution in [3.8, 4) is 11.5 Å². The van der Waals surface area contributed by atoms with Crippen molar-refractivity contribution in [1.29, 1.82) is 0 Å². The molecule has 0 aliphatic carbocycles. The Hall–Kier alpha value is -2.01. The number of hydrogen-bond donors (Lipinski definition) is 1. The molecule has 1 aromatic heterocycles. The normalized spacial score (nSPS) is 12.2. The number of nitrogens with one attached hydrogen (secondary N) is 1. The zero-order chi connectivity index (χ0) is 15.2. The monoisotopic (exact) mass is 289 g/mol. The number of hydrogen-bond acceptors (Lipinski definition) is 4. The van der Waals surface area contributed by atoms with Gasteiger partial charge >= 0.3 is 0 Å². The van der Waals surface area contributed by atoms with Crippen molar-refractivity contribution in [3.05, 3.63) is 41.7 Å². The summed E-state index contributed by atoms with van der Waals surface area (Å²) in [6.07, 6.45) is 4.91. The van der Waals surface area contributed by atoms with Crippen LogP contribution in [0.2, 0.25) is 0 Å². The molecule has 1 aromatic carbocycles. The quantitative estimate of drug-likeness (QED) is 0.850. The van der Waals surface area contributed by atoms with Crippen LogP contribution in [0, 0.1) is 0 Å². The Kier molecular flexibility index (Phi) is 5.22. The van der Waals surface area contributed by atoms with Gasteiger partial charge in [-0.25, -0.2) is 0 Å². The third-order valence-electron chi connectivity index (χ3n) is 3.53. The van der Waals surface area contributed by atoms with E-state index >= 15 is 0 Å². The van der Waals surface area contributed by atoms with E-state index in [4.69, 9.17) is 9.47 Å². The summed E-state index contributed by atoms with van der Waals surface area (Å²) in [5.41, 5.74) is 2.42. The van der Waals surface area contributed by atoms with Crippen LogP contribution < -0.4 is 14.8 Å². The fourth-order valence-electron chi connectivity index (χ4n) is 2.27. The summed E-state index contributed by atoms with van der Waals surface area (Å²) >= 11 is 0. The number of nitrogens with zero attached hydrogens (tertiary/aromatic N) is 2. The van der Waals surface area contributed by atoms with Crippen LogP contribution in [-0.2, 0) is 13.5 Å². The summed E-state index contributed by atoms with van der Waals surface area (Å²) in [6, 6.07) is 6.26. The number of aromatic nitrogens is 2. The average molecular weight is 289 g/mol. The van der Waals surface area contributed by atoms with Crippen LogP contribution in [0.1, 0.15) is 24.1 Å². The van der Waals surface area contributed by atoms with E-state index in [1.165, 1.54) is 11.1 Å². The Morgan fingerprint density at radius 3 is 2.62 bits per heavy atom. The minimum Gasteiger partial charge on any atom is -0.493 e. The van der Waals surface area contributed by atoms with Gasteiger partial charge in [0.05, 0.1) is 20.4 Å². The molecule has 0 radical (unpaired) electrons. The van der Waals surface area contributed by atoms with Gasteiger partial charge in [0.25, 0.3) is 0 Å². The zero-order valence-electron chi connectivity index (χ0n) is 13.1. The first kappa shape index (κ1) is 15.4. The van der Waals surface area contributed by atoms with E-state index in [-0.39, 0.29) is 6.04 Å². The summed E-state index contributed by atoms with van der Waals surface area (Å²) in [6.45, 7) is 3.05. The van der Waals surface area contributed by atoms with Gasteiger partial charge in [-0.1, -0.05) is 6.07 Å². The molecule has 114 valence electrons. The van der Waals surface area contributed by atoms with Gasteiger partial charge in [-0.2, -0.15) is 5.10 Å². The summed E-state index contributed by atoms with van der Waals surface area (Å²) in [4.78, 5) is 0. The fourth-order valence-corrected chi connectivity index (χ4v) is 2.27. The molecule has 21 heavy (non-hydrogen) atoms. The topological polar surface area (TPSA) is 48.3 Å². The van der Waals surface area contributed by atoms with Crippen LogP contribution in [0.5, 0.6) is 11.5 Å². The molecule has 0 saturated carbocycles. The maximum absolute atomic E-state index is 5.34. The number of rotatable bonds is 7. The summed E-state index contributed by atoms with van der Waals surface area (Å²) in [5.74, 6) is 1.51. The van der Waals surface area contributed by atoms with E-state index in [2.05, 4.69) is 23.4 Å². The summed E-state index contributed by atoms with van der Waals surface area (Å²) in [5, 5.41) is 7.68. The lowest BCUT2D eigenvalue weighted by Crippen LogP contribution is -2.21. The van der Waals surface area contributed by atoms with Crippen LogP contribution in [0.15, 0.2) is 30.6 Å². The van der Waals surface area contributed by atoms with Gasteiger partial charge in [-0.15, -0.1) is 0 Å².